The summed E-state index contributed by atoms with van der Waals surface area (Å²) in [6, 6.07) is 4.34. The van der Waals surface area contributed by atoms with Crippen molar-refractivity contribution in [1.29, 1.82) is 0 Å². The van der Waals surface area contributed by atoms with Crippen LogP contribution in [0.15, 0.2) is 18.2 Å². The summed E-state index contributed by atoms with van der Waals surface area (Å²) in [5.41, 5.74) is 6.06. The molecule has 6 heteroatoms. The maximum Gasteiger partial charge on any atom is 0.237 e. The Balaban J connectivity index is 2.06. The molecule has 3 nitrogen and oxygen atoms in total. The van der Waals surface area contributed by atoms with Gasteiger partial charge in [-0.3, -0.25) is 4.79 Å². The van der Waals surface area contributed by atoms with Crippen LogP contribution in [0.5, 0.6) is 0 Å². The number of thiocarbonyl (C=S) groups is 1. The Morgan fingerprint density at radius 3 is 2.84 bits per heavy atom. The Morgan fingerprint density at radius 2 is 2.26 bits per heavy atom. The molecule has 0 aromatic heterocycles. The molecule has 1 aromatic rings. The van der Waals surface area contributed by atoms with Gasteiger partial charge in [-0.15, -0.1) is 11.8 Å². The molecule has 3 N–H and O–H groups in total. The summed E-state index contributed by atoms with van der Waals surface area (Å²) in [6.45, 7) is 0. The minimum absolute atomic E-state index is 0.0802. The Labute approximate surface area is 121 Å². The topological polar surface area (TPSA) is 55.1 Å². The zero-order chi connectivity index (χ0) is 13.8. The van der Waals surface area contributed by atoms with Crippen LogP contribution in [0.3, 0.4) is 0 Å². The van der Waals surface area contributed by atoms with Crippen molar-refractivity contribution in [1.82, 2.24) is 0 Å². The van der Waals surface area contributed by atoms with Crippen molar-refractivity contribution in [3.05, 3.63) is 29.6 Å². The number of halogens is 1. The molecular weight excluding hydrogens is 283 g/mol. The molecule has 1 atom stereocenters. The Morgan fingerprint density at radius 1 is 1.47 bits per heavy atom. The molecule has 19 heavy (non-hydrogen) atoms. The molecule has 1 saturated heterocycles. The van der Waals surface area contributed by atoms with Crippen molar-refractivity contribution < 1.29 is 9.18 Å². The molecule has 1 aromatic carbocycles. The molecule has 0 spiro atoms. The van der Waals surface area contributed by atoms with Gasteiger partial charge in [0.25, 0.3) is 0 Å². The monoisotopic (exact) mass is 298 g/mol. The summed E-state index contributed by atoms with van der Waals surface area (Å²) in [5, 5.41) is 2.55. The van der Waals surface area contributed by atoms with Gasteiger partial charge in [-0.25, -0.2) is 4.39 Å². The number of thioether (sulfide) groups is 1. The lowest BCUT2D eigenvalue weighted by Crippen LogP contribution is -2.28. The van der Waals surface area contributed by atoms with Crippen LogP contribution in [-0.4, -0.2) is 21.9 Å². The number of nitrogens with two attached hydrogens (primary N) is 1. The first-order chi connectivity index (χ1) is 9.08. The molecule has 0 radical (unpaired) electrons. The van der Waals surface area contributed by atoms with E-state index >= 15 is 0 Å². The van der Waals surface area contributed by atoms with Crippen molar-refractivity contribution >= 4 is 40.6 Å². The van der Waals surface area contributed by atoms with Gasteiger partial charge in [0.1, 0.15) is 10.8 Å². The van der Waals surface area contributed by atoms with Gasteiger partial charge in [0.05, 0.1) is 10.9 Å². The third-order valence-electron chi connectivity index (χ3n) is 2.98. The van der Waals surface area contributed by atoms with E-state index in [1.807, 2.05) is 0 Å². The highest BCUT2D eigenvalue weighted by molar-refractivity contribution is 8.00. The van der Waals surface area contributed by atoms with E-state index in [0.29, 0.717) is 5.56 Å². The van der Waals surface area contributed by atoms with E-state index in [2.05, 4.69) is 5.32 Å². The van der Waals surface area contributed by atoms with E-state index < -0.39 is 5.82 Å². The molecule has 0 aliphatic carbocycles. The van der Waals surface area contributed by atoms with Crippen LogP contribution in [0, 0.1) is 5.82 Å². The van der Waals surface area contributed by atoms with E-state index in [9.17, 15) is 9.18 Å². The standard InChI is InChI=1S/C13H15FN2OS2/c14-9-7-8(12(15)18)4-5-10(9)16-13(17)11-3-1-2-6-19-11/h4-5,7,11H,1-3,6H2,(H2,15,18)(H,16,17). The second-order valence-electron chi connectivity index (χ2n) is 4.40. The van der Waals surface area contributed by atoms with Crippen LogP contribution in [0.4, 0.5) is 10.1 Å². The first-order valence-electron chi connectivity index (χ1n) is 6.10. The minimum atomic E-state index is -0.514. The fraction of sp³-hybridized carbons (Fsp3) is 0.385. The predicted molar refractivity (Wildman–Crippen MR) is 81.0 cm³/mol. The van der Waals surface area contributed by atoms with Crippen LogP contribution < -0.4 is 11.1 Å². The normalized spacial score (nSPS) is 18.9. The lowest BCUT2D eigenvalue weighted by Gasteiger charge is -2.20. The average Bonchev–Trinajstić information content (AvgIpc) is 2.41. The molecular formula is C13H15FN2OS2. The highest BCUT2D eigenvalue weighted by atomic mass is 32.2. The molecule has 2 rings (SSSR count). The van der Waals surface area contributed by atoms with Gasteiger partial charge in [-0.1, -0.05) is 18.6 Å². The zero-order valence-corrected chi connectivity index (χ0v) is 12.0. The molecule has 0 saturated carbocycles. The fourth-order valence-corrected chi connectivity index (χ4v) is 3.26. The summed E-state index contributed by atoms with van der Waals surface area (Å²) in [4.78, 5) is 12.1. The molecule has 1 aliphatic rings. The molecule has 1 heterocycles. The number of amides is 1. The van der Waals surface area contributed by atoms with E-state index in [4.69, 9.17) is 18.0 Å². The van der Waals surface area contributed by atoms with E-state index in [0.717, 1.165) is 25.0 Å². The Kier molecular flexibility index (Phi) is 4.76. The number of nitrogens with one attached hydrogen (secondary N) is 1. The summed E-state index contributed by atoms with van der Waals surface area (Å²) >= 11 is 6.40. The van der Waals surface area contributed by atoms with Crippen LogP contribution in [0.2, 0.25) is 0 Å². The molecule has 1 fully saturated rings. The number of benzene rings is 1. The minimum Gasteiger partial charge on any atom is -0.389 e. The summed E-state index contributed by atoms with van der Waals surface area (Å²) in [5.74, 6) is 0.340. The number of rotatable bonds is 3. The Bertz CT molecular complexity index is 501. The van der Waals surface area contributed by atoms with E-state index in [1.54, 1.807) is 17.8 Å². The highest BCUT2D eigenvalue weighted by Crippen LogP contribution is 2.26. The fourth-order valence-electron chi connectivity index (χ4n) is 1.93. The third-order valence-corrected chi connectivity index (χ3v) is 4.60. The maximum absolute atomic E-state index is 13.8. The predicted octanol–water partition coefficient (Wildman–Crippen LogP) is 2.68. The van der Waals surface area contributed by atoms with Crippen LogP contribution in [0.25, 0.3) is 0 Å². The molecule has 1 amide bonds. The van der Waals surface area contributed by atoms with Gasteiger partial charge in [-0.2, -0.15) is 0 Å². The maximum atomic E-state index is 13.8. The van der Waals surface area contributed by atoms with E-state index in [-0.39, 0.29) is 21.8 Å². The highest BCUT2D eigenvalue weighted by Gasteiger charge is 2.22. The molecule has 102 valence electrons. The SMILES string of the molecule is NC(=S)c1ccc(NC(=O)C2CCCCS2)c(F)c1. The van der Waals surface area contributed by atoms with Gasteiger partial charge >= 0.3 is 0 Å². The Hall–Kier alpha value is -1.14. The molecule has 0 bridgehead atoms. The second-order valence-corrected chi connectivity index (χ2v) is 6.15. The van der Waals surface area contributed by atoms with Gasteiger partial charge in [-0.05, 0) is 36.8 Å². The molecule has 1 unspecified atom stereocenters. The third kappa shape index (κ3) is 3.67. The number of anilines is 1. The second kappa shape index (κ2) is 6.34. The van der Waals surface area contributed by atoms with Gasteiger partial charge in [0.15, 0.2) is 0 Å². The van der Waals surface area contributed by atoms with Crippen molar-refractivity contribution in [2.75, 3.05) is 11.1 Å². The number of hydrogen-bond acceptors (Lipinski definition) is 3. The quantitative estimate of drug-likeness (QED) is 0.843. The van der Waals surface area contributed by atoms with Crippen molar-refractivity contribution in [3.63, 3.8) is 0 Å². The summed E-state index contributed by atoms with van der Waals surface area (Å²) in [6.07, 6.45) is 3.04. The largest absolute Gasteiger partial charge is 0.389 e. The van der Waals surface area contributed by atoms with Crippen molar-refractivity contribution in [2.24, 2.45) is 5.73 Å². The molecule has 1 aliphatic heterocycles. The lowest BCUT2D eigenvalue weighted by atomic mass is 10.1. The van der Waals surface area contributed by atoms with Crippen molar-refractivity contribution in [2.45, 2.75) is 24.5 Å². The lowest BCUT2D eigenvalue weighted by molar-refractivity contribution is -0.115. The summed E-state index contributed by atoms with van der Waals surface area (Å²) in [7, 11) is 0. The van der Waals surface area contributed by atoms with E-state index in [1.165, 1.54) is 12.1 Å². The number of carbonyl (C=O) groups excluding carboxylic acids is 1. The van der Waals surface area contributed by atoms with Crippen LogP contribution in [0.1, 0.15) is 24.8 Å². The number of carbonyl (C=O) groups is 1. The van der Waals surface area contributed by atoms with Gasteiger partial charge < -0.3 is 11.1 Å². The first-order valence-corrected chi connectivity index (χ1v) is 7.55. The van der Waals surface area contributed by atoms with Crippen LogP contribution in [-0.2, 0) is 4.79 Å². The smallest absolute Gasteiger partial charge is 0.237 e. The average molecular weight is 298 g/mol. The summed E-state index contributed by atoms with van der Waals surface area (Å²) < 4.78 is 13.8. The van der Waals surface area contributed by atoms with Gasteiger partial charge in [0, 0.05) is 5.56 Å². The van der Waals surface area contributed by atoms with Crippen molar-refractivity contribution in [3.8, 4) is 0 Å². The first kappa shape index (κ1) is 14.3. The van der Waals surface area contributed by atoms with Gasteiger partial charge in [0.2, 0.25) is 5.91 Å². The zero-order valence-electron chi connectivity index (χ0n) is 10.3. The number of hydrogen-bond donors (Lipinski definition) is 2. The van der Waals surface area contributed by atoms with Crippen LogP contribution >= 0.6 is 24.0 Å².